The maximum atomic E-state index is 5.37. The second-order valence-electron chi connectivity index (χ2n) is 5.40. The third-order valence-corrected chi connectivity index (χ3v) is 4.69. The van der Waals surface area contributed by atoms with Crippen LogP contribution in [0.5, 0.6) is 5.75 Å². The molecule has 0 fully saturated rings. The van der Waals surface area contributed by atoms with Crippen molar-refractivity contribution in [3.8, 4) is 16.2 Å². The predicted octanol–water partition coefficient (Wildman–Crippen LogP) is 4.42. The van der Waals surface area contributed by atoms with Gasteiger partial charge in [-0.2, -0.15) is 0 Å². The minimum Gasteiger partial charge on any atom is -0.496 e. The molecule has 3 rings (SSSR count). The normalized spacial score (nSPS) is 10.7. The molecule has 1 N–H and O–H groups in total. The molecule has 0 aliphatic carbocycles. The fourth-order valence-electron chi connectivity index (χ4n) is 2.48. The average molecular weight is 324 g/mol. The van der Waals surface area contributed by atoms with Gasteiger partial charge in [0.25, 0.3) is 0 Å². The van der Waals surface area contributed by atoms with Crippen LogP contribution in [0.1, 0.15) is 16.1 Å². The van der Waals surface area contributed by atoms with Gasteiger partial charge in [-0.05, 0) is 18.6 Å². The number of aryl methyl sites for hydroxylation is 1. The largest absolute Gasteiger partial charge is 0.496 e. The third kappa shape index (κ3) is 3.97. The van der Waals surface area contributed by atoms with Gasteiger partial charge in [-0.3, -0.25) is 0 Å². The highest BCUT2D eigenvalue weighted by Gasteiger charge is 2.06. The SMILES string of the molecule is COc1ccccc1CNCc1ncc(-c2cccc(C)c2)s1. The molecule has 1 aromatic heterocycles. The van der Waals surface area contributed by atoms with E-state index in [0.717, 1.165) is 29.4 Å². The first-order valence-corrected chi connectivity index (χ1v) is 8.42. The molecule has 0 radical (unpaired) electrons. The van der Waals surface area contributed by atoms with Gasteiger partial charge >= 0.3 is 0 Å². The molecule has 118 valence electrons. The lowest BCUT2D eigenvalue weighted by Gasteiger charge is -2.08. The van der Waals surface area contributed by atoms with E-state index in [1.54, 1.807) is 18.4 Å². The Hall–Kier alpha value is -2.17. The maximum absolute atomic E-state index is 5.37. The molecule has 3 nitrogen and oxygen atoms in total. The van der Waals surface area contributed by atoms with Crippen LogP contribution in [0.2, 0.25) is 0 Å². The Morgan fingerprint density at radius 1 is 1.09 bits per heavy atom. The summed E-state index contributed by atoms with van der Waals surface area (Å²) in [5.41, 5.74) is 3.66. The number of rotatable bonds is 6. The Kier molecular flexibility index (Phi) is 5.05. The number of benzene rings is 2. The van der Waals surface area contributed by atoms with Gasteiger partial charge in [0, 0.05) is 24.8 Å². The number of nitrogens with one attached hydrogen (secondary N) is 1. The molecule has 0 saturated heterocycles. The summed E-state index contributed by atoms with van der Waals surface area (Å²) < 4.78 is 5.37. The van der Waals surface area contributed by atoms with Gasteiger partial charge < -0.3 is 10.1 Å². The summed E-state index contributed by atoms with van der Waals surface area (Å²) >= 11 is 1.73. The number of hydrogen-bond acceptors (Lipinski definition) is 4. The number of methoxy groups -OCH3 is 1. The summed E-state index contributed by atoms with van der Waals surface area (Å²) in [4.78, 5) is 5.73. The van der Waals surface area contributed by atoms with Gasteiger partial charge in [0.15, 0.2) is 0 Å². The van der Waals surface area contributed by atoms with E-state index in [-0.39, 0.29) is 0 Å². The van der Waals surface area contributed by atoms with Crippen LogP contribution in [0.15, 0.2) is 54.7 Å². The molecule has 0 amide bonds. The zero-order valence-corrected chi connectivity index (χ0v) is 14.2. The lowest BCUT2D eigenvalue weighted by molar-refractivity contribution is 0.407. The predicted molar refractivity (Wildman–Crippen MR) is 95.8 cm³/mol. The standard InChI is InChI=1S/C19H20N2OS/c1-14-6-5-8-15(10-14)18-12-21-19(23-18)13-20-11-16-7-3-4-9-17(16)22-2/h3-10,12,20H,11,13H2,1-2H3. The van der Waals surface area contributed by atoms with Gasteiger partial charge in [-0.15, -0.1) is 11.3 Å². The maximum Gasteiger partial charge on any atom is 0.123 e. The van der Waals surface area contributed by atoms with Crippen LogP contribution in [0, 0.1) is 6.92 Å². The van der Waals surface area contributed by atoms with E-state index in [2.05, 4.69) is 47.6 Å². The van der Waals surface area contributed by atoms with Gasteiger partial charge in [0.2, 0.25) is 0 Å². The number of thiazole rings is 1. The Morgan fingerprint density at radius 3 is 2.78 bits per heavy atom. The van der Waals surface area contributed by atoms with Crippen LogP contribution in [-0.2, 0) is 13.1 Å². The first kappa shape index (κ1) is 15.7. The smallest absolute Gasteiger partial charge is 0.123 e. The molecule has 1 heterocycles. The fourth-order valence-corrected chi connectivity index (χ4v) is 3.36. The molecule has 0 atom stereocenters. The molecule has 4 heteroatoms. The monoisotopic (exact) mass is 324 g/mol. The first-order valence-electron chi connectivity index (χ1n) is 7.60. The lowest BCUT2D eigenvalue weighted by atomic mass is 10.1. The summed E-state index contributed by atoms with van der Waals surface area (Å²) in [6, 6.07) is 16.6. The zero-order valence-electron chi connectivity index (χ0n) is 13.4. The van der Waals surface area contributed by atoms with E-state index >= 15 is 0 Å². The van der Waals surface area contributed by atoms with Crippen LogP contribution < -0.4 is 10.1 Å². The quantitative estimate of drug-likeness (QED) is 0.729. The molecule has 23 heavy (non-hydrogen) atoms. The highest BCUT2D eigenvalue weighted by atomic mass is 32.1. The first-order chi connectivity index (χ1) is 11.3. The highest BCUT2D eigenvalue weighted by molar-refractivity contribution is 7.15. The van der Waals surface area contributed by atoms with E-state index in [4.69, 9.17) is 4.74 Å². The van der Waals surface area contributed by atoms with Crippen LogP contribution in [0.3, 0.4) is 0 Å². The van der Waals surface area contributed by atoms with E-state index in [1.807, 2.05) is 24.4 Å². The lowest BCUT2D eigenvalue weighted by Crippen LogP contribution is -2.13. The molecule has 0 unspecified atom stereocenters. The minimum atomic E-state index is 0.758. The molecule has 0 aliphatic heterocycles. The molecule has 0 bridgehead atoms. The van der Waals surface area contributed by atoms with Crippen molar-refractivity contribution in [2.24, 2.45) is 0 Å². The van der Waals surface area contributed by atoms with Crippen molar-refractivity contribution < 1.29 is 4.74 Å². The average Bonchev–Trinajstić information content (AvgIpc) is 3.04. The van der Waals surface area contributed by atoms with E-state index < -0.39 is 0 Å². The Morgan fingerprint density at radius 2 is 1.96 bits per heavy atom. The Bertz CT molecular complexity index is 782. The molecular weight excluding hydrogens is 304 g/mol. The number of aromatic nitrogens is 1. The van der Waals surface area contributed by atoms with E-state index in [1.165, 1.54) is 16.0 Å². The summed E-state index contributed by atoms with van der Waals surface area (Å²) in [6.45, 7) is 3.64. The molecule has 0 aliphatic rings. The van der Waals surface area contributed by atoms with Crippen molar-refractivity contribution in [1.82, 2.24) is 10.3 Å². The number of hydrogen-bond donors (Lipinski definition) is 1. The van der Waals surface area contributed by atoms with Gasteiger partial charge in [-0.25, -0.2) is 4.98 Å². The number of para-hydroxylation sites is 1. The van der Waals surface area contributed by atoms with E-state index in [0.29, 0.717) is 0 Å². The highest BCUT2D eigenvalue weighted by Crippen LogP contribution is 2.26. The van der Waals surface area contributed by atoms with Gasteiger partial charge in [0.1, 0.15) is 10.8 Å². The summed E-state index contributed by atoms with van der Waals surface area (Å²) in [7, 11) is 1.70. The summed E-state index contributed by atoms with van der Waals surface area (Å²) in [5, 5.41) is 4.53. The van der Waals surface area contributed by atoms with Gasteiger partial charge in [-0.1, -0.05) is 48.0 Å². The van der Waals surface area contributed by atoms with Gasteiger partial charge in [0.05, 0.1) is 12.0 Å². The fraction of sp³-hybridized carbons (Fsp3) is 0.211. The second-order valence-corrected chi connectivity index (χ2v) is 6.52. The molecule has 3 aromatic rings. The van der Waals surface area contributed by atoms with Crippen molar-refractivity contribution in [1.29, 1.82) is 0 Å². The molecule has 0 saturated carbocycles. The van der Waals surface area contributed by atoms with Crippen LogP contribution >= 0.6 is 11.3 Å². The van der Waals surface area contributed by atoms with Crippen LogP contribution in [0.4, 0.5) is 0 Å². The second kappa shape index (κ2) is 7.40. The van der Waals surface area contributed by atoms with E-state index in [9.17, 15) is 0 Å². The number of ether oxygens (including phenoxy) is 1. The molecular formula is C19H20N2OS. The summed E-state index contributed by atoms with van der Waals surface area (Å²) in [6.07, 6.45) is 1.96. The Labute approximate surface area is 141 Å². The zero-order chi connectivity index (χ0) is 16.1. The van der Waals surface area contributed by atoms with Crippen molar-refractivity contribution >= 4 is 11.3 Å². The van der Waals surface area contributed by atoms with Crippen molar-refractivity contribution in [3.63, 3.8) is 0 Å². The minimum absolute atomic E-state index is 0.758. The van der Waals surface area contributed by atoms with Crippen LogP contribution in [0.25, 0.3) is 10.4 Å². The van der Waals surface area contributed by atoms with Crippen molar-refractivity contribution in [2.75, 3.05) is 7.11 Å². The molecule has 2 aromatic carbocycles. The number of nitrogens with zero attached hydrogens (tertiary/aromatic N) is 1. The Balaban J connectivity index is 1.61. The third-order valence-electron chi connectivity index (χ3n) is 3.64. The van der Waals surface area contributed by atoms with Crippen molar-refractivity contribution in [3.05, 3.63) is 70.9 Å². The topological polar surface area (TPSA) is 34.1 Å². The summed E-state index contributed by atoms with van der Waals surface area (Å²) in [5.74, 6) is 0.916. The van der Waals surface area contributed by atoms with Crippen LogP contribution in [-0.4, -0.2) is 12.1 Å². The molecule has 0 spiro atoms. The van der Waals surface area contributed by atoms with Crippen molar-refractivity contribution in [2.45, 2.75) is 20.0 Å².